The number of amides is 2. The second kappa shape index (κ2) is 17.2. The van der Waals surface area contributed by atoms with Gasteiger partial charge < -0.3 is 15.0 Å². The first-order valence-electron chi connectivity index (χ1n) is 17.8. The van der Waals surface area contributed by atoms with Gasteiger partial charge in [0.2, 0.25) is 0 Å². The third-order valence-electron chi connectivity index (χ3n) is 9.66. The number of hydrogen-bond donors (Lipinski definition) is 1. The zero-order valence-corrected chi connectivity index (χ0v) is 29.8. The molecule has 0 saturated carbocycles. The molecule has 2 heterocycles. The molecular formula is C40H49N5O4S. The Labute approximate surface area is 297 Å². The van der Waals surface area contributed by atoms with Crippen molar-refractivity contribution in [2.24, 2.45) is 10.3 Å². The number of sulfonamides is 1. The van der Waals surface area contributed by atoms with Crippen LogP contribution in [0.2, 0.25) is 0 Å². The van der Waals surface area contributed by atoms with Crippen LogP contribution in [-0.4, -0.2) is 87.8 Å². The van der Waals surface area contributed by atoms with E-state index in [0.29, 0.717) is 13.1 Å². The maximum Gasteiger partial charge on any atom is 0.318 e. The van der Waals surface area contributed by atoms with Crippen molar-refractivity contribution in [2.45, 2.75) is 44.6 Å². The van der Waals surface area contributed by atoms with E-state index in [9.17, 15) is 13.2 Å². The molecule has 2 aliphatic rings. The molecule has 0 aromatic heterocycles. The van der Waals surface area contributed by atoms with Gasteiger partial charge in [0.15, 0.2) is 0 Å². The first kappa shape index (κ1) is 35.7. The molecule has 50 heavy (non-hydrogen) atoms. The Kier molecular flexibility index (Phi) is 12.3. The number of benzene rings is 4. The van der Waals surface area contributed by atoms with Crippen molar-refractivity contribution in [3.63, 3.8) is 0 Å². The number of likely N-dealkylation sites (tertiary alicyclic amines) is 1. The average Bonchev–Trinajstić information content (AvgIpc) is 3.58. The molecule has 2 saturated heterocycles. The maximum atomic E-state index is 13.8. The first-order valence-corrected chi connectivity index (χ1v) is 19.4. The van der Waals surface area contributed by atoms with Crippen molar-refractivity contribution in [1.29, 1.82) is 0 Å². The summed E-state index contributed by atoms with van der Waals surface area (Å²) < 4.78 is 34.6. The summed E-state index contributed by atoms with van der Waals surface area (Å²) in [5.41, 5.74) is 4.13. The summed E-state index contributed by atoms with van der Waals surface area (Å²) in [7, 11) is -3.55. The van der Waals surface area contributed by atoms with Crippen molar-refractivity contribution >= 4 is 33.0 Å². The fourth-order valence-electron chi connectivity index (χ4n) is 6.90. The van der Waals surface area contributed by atoms with Gasteiger partial charge in [-0.2, -0.15) is 4.40 Å². The number of urea groups is 1. The SMILES string of the molecule is C[C@@H](NC(=O)N(CCCN1CCOCC1)Cc1ccc(CN2CCC(/C=N\S(=O)(=O)Cc3ccccc3)C2)cc1)c1cccc2ccccc12. The highest BCUT2D eigenvalue weighted by atomic mass is 32.2. The zero-order chi connectivity index (χ0) is 34.8. The monoisotopic (exact) mass is 695 g/mol. The summed E-state index contributed by atoms with van der Waals surface area (Å²) in [6.07, 6.45) is 3.40. The lowest BCUT2D eigenvalue weighted by Gasteiger charge is -2.29. The zero-order valence-electron chi connectivity index (χ0n) is 29.0. The van der Waals surface area contributed by atoms with E-state index in [2.05, 4.69) is 81.0 Å². The molecule has 1 N–H and O–H groups in total. The van der Waals surface area contributed by atoms with Gasteiger partial charge in [-0.3, -0.25) is 9.80 Å². The molecule has 0 radical (unpaired) electrons. The van der Waals surface area contributed by atoms with Crippen LogP contribution < -0.4 is 5.32 Å². The van der Waals surface area contributed by atoms with Crippen LogP contribution in [0.25, 0.3) is 10.8 Å². The third kappa shape index (κ3) is 10.2. The minimum absolute atomic E-state index is 0.0629. The lowest BCUT2D eigenvalue weighted by atomic mass is 10.00. The number of fused-ring (bicyclic) bond motifs is 1. The van der Waals surface area contributed by atoms with Gasteiger partial charge in [-0.1, -0.05) is 97.1 Å². The van der Waals surface area contributed by atoms with Crippen molar-refractivity contribution in [1.82, 2.24) is 20.0 Å². The molecule has 0 spiro atoms. The summed E-state index contributed by atoms with van der Waals surface area (Å²) in [5.74, 6) is 0.0316. The molecule has 6 rings (SSSR count). The topological polar surface area (TPSA) is 94.6 Å². The van der Waals surface area contributed by atoms with Crippen molar-refractivity contribution in [3.8, 4) is 0 Å². The Morgan fingerprint density at radius 3 is 2.42 bits per heavy atom. The van der Waals surface area contributed by atoms with Gasteiger partial charge in [0, 0.05) is 57.9 Å². The molecule has 2 aliphatic heterocycles. The molecular weight excluding hydrogens is 647 g/mol. The summed E-state index contributed by atoms with van der Waals surface area (Å²) in [6, 6.07) is 32.0. The van der Waals surface area contributed by atoms with Gasteiger partial charge in [0.1, 0.15) is 0 Å². The molecule has 4 aromatic carbocycles. The first-order chi connectivity index (χ1) is 24.3. The molecule has 2 fully saturated rings. The second-order valence-electron chi connectivity index (χ2n) is 13.5. The van der Waals surface area contributed by atoms with Gasteiger partial charge in [-0.15, -0.1) is 0 Å². The lowest BCUT2D eigenvalue weighted by molar-refractivity contribution is 0.0364. The largest absolute Gasteiger partial charge is 0.379 e. The number of nitrogens with zero attached hydrogens (tertiary/aromatic N) is 4. The highest BCUT2D eigenvalue weighted by molar-refractivity contribution is 7.89. The maximum absolute atomic E-state index is 13.8. The number of hydrogen-bond acceptors (Lipinski definition) is 6. The van der Waals surface area contributed by atoms with E-state index in [0.717, 1.165) is 92.8 Å². The fourth-order valence-corrected chi connectivity index (χ4v) is 7.95. The van der Waals surface area contributed by atoms with Gasteiger partial charge in [0.25, 0.3) is 10.0 Å². The van der Waals surface area contributed by atoms with Crippen LogP contribution in [0.15, 0.2) is 101 Å². The van der Waals surface area contributed by atoms with Gasteiger partial charge in [0.05, 0.1) is 25.0 Å². The Balaban J connectivity index is 1.04. The van der Waals surface area contributed by atoms with Crippen molar-refractivity contribution in [2.75, 3.05) is 52.5 Å². The van der Waals surface area contributed by atoms with Gasteiger partial charge in [-0.05, 0) is 59.3 Å². The van der Waals surface area contributed by atoms with Crippen LogP contribution in [-0.2, 0) is 33.6 Å². The van der Waals surface area contributed by atoms with Crippen LogP contribution in [0, 0.1) is 5.92 Å². The molecule has 1 unspecified atom stereocenters. The number of carbonyl (C=O) groups excluding carboxylic acids is 1. The molecule has 264 valence electrons. The second-order valence-corrected chi connectivity index (χ2v) is 15.2. The number of rotatable bonds is 14. The highest BCUT2D eigenvalue weighted by Crippen LogP contribution is 2.25. The normalized spacial score (nSPS) is 18.1. The van der Waals surface area contributed by atoms with Crippen LogP contribution in [0.3, 0.4) is 0 Å². The fraction of sp³-hybridized carbons (Fsp3) is 0.400. The van der Waals surface area contributed by atoms with Crippen molar-refractivity contribution in [3.05, 3.63) is 119 Å². The standard InChI is InChI=1S/C40H49N5O4S/c1-32(38-14-7-12-37-11-5-6-13-39(37)38)42-40(46)45(21-8-20-43-23-25-49-26-24-43)30-34-17-15-33(16-18-34)28-44-22-19-36(29-44)27-41-50(47,48)31-35-9-3-2-4-10-35/h2-7,9-18,27,32,36H,8,19-26,28-31H2,1H3,(H,42,46)/b41-27-/t32-,36?/m1/s1. The van der Waals surface area contributed by atoms with Crippen molar-refractivity contribution < 1.29 is 17.9 Å². The summed E-state index contributed by atoms with van der Waals surface area (Å²) >= 11 is 0. The minimum Gasteiger partial charge on any atom is -0.379 e. The molecule has 2 amide bonds. The predicted octanol–water partition coefficient (Wildman–Crippen LogP) is 6.26. The quantitative estimate of drug-likeness (QED) is 0.157. The summed E-state index contributed by atoms with van der Waals surface area (Å²) in [6.45, 7) is 10.0. The summed E-state index contributed by atoms with van der Waals surface area (Å²) in [4.78, 5) is 20.5. The van der Waals surface area contributed by atoms with E-state index in [4.69, 9.17) is 4.74 Å². The molecule has 4 aromatic rings. The van der Waals surface area contributed by atoms with Crippen LogP contribution in [0.1, 0.15) is 48.1 Å². The predicted molar refractivity (Wildman–Crippen MR) is 201 cm³/mol. The molecule has 10 heteroatoms. The minimum atomic E-state index is -3.55. The average molecular weight is 696 g/mol. The lowest BCUT2D eigenvalue weighted by Crippen LogP contribution is -2.43. The van der Waals surface area contributed by atoms with Crippen LogP contribution in [0.5, 0.6) is 0 Å². The van der Waals surface area contributed by atoms with E-state index in [1.807, 2.05) is 47.4 Å². The Hall–Kier alpha value is -4.09. The van der Waals surface area contributed by atoms with Gasteiger partial charge in [-0.25, -0.2) is 13.2 Å². The van der Waals surface area contributed by atoms with E-state index < -0.39 is 10.0 Å². The molecule has 2 atom stereocenters. The smallest absolute Gasteiger partial charge is 0.318 e. The van der Waals surface area contributed by atoms with E-state index >= 15 is 0 Å². The van der Waals surface area contributed by atoms with E-state index in [1.54, 1.807) is 6.21 Å². The van der Waals surface area contributed by atoms with Crippen LogP contribution in [0.4, 0.5) is 4.79 Å². The molecule has 0 bridgehead atoms. The van der Waals surface area contributed by atoms with Gasteiger partial charge >= 0.3 is 6.03 Å². The Morgan fingerprint density at radius 2 is 1.62 bits per heavy atom. The molecule has 9 nitrogen and oxygen atoms in total. The Bertz CT molecular complexity index is 1820. The highest BCUT2D eigenvalue weighted by Gasteiger charge is 2.23. The van der Waals surface area contributed by atoms with Crippen LogP contribution >= 0.6 is 0 Å². The molecule has 0 aliphatic carbocycles. The number of ether oxygens (including phenoxy) is 1. The third-order valence-corrected chi connectivity index (χ3v) is 10.8. The summed E-state index contributed by atoms with van der Waals surface area (Å²) in [5, 5.41) is 5.61. The van der Waals surface area contributed by atoms with E-state index in [-0.39, 0.29) is 23.7 Å². The number of morpholine rings is 1. The number of carbonyl (C=O) groups is 1. The number of nitrogens with one attached hydrogen (secondary N) is 1. The Morgan fingerprint density at radius 1 is 0.900 bits per heavy atom. The van der Waals surface area contributed by atoms with E-state index in [1.165, 1.54) is 5.56 Å².